The molecule has 4 nitrogen and oxygen atoms in total. The van der Waals surface area contributed by atoms with E-state index in [4.69, 9.17) is 14.6 Å². The van der Waals surface area contributed by atoms with E-state index in [1.165, 1.54) is 12.1 Å². The number of halogens is 1. The topological polar surface area (TPSA) is 41.9 Å². The third-order valence-electron chi connectivity index (χ3n) is 2.89. The van der Waals surface area contributed by atoms with Crippen molar-refractivity contribution in [3.8, 4) is 5.75 Å². The van der Waals surface area contributed by atoms with Crippen LogP contribution in [-0.2, 0) is 11.3 Å². The molecule has 1 aliphatic rings. The van der Waals surface area contributed by atoms with E-state index in [9.17, 15) is 4.39 Å². The van der Waals surface area contributed by atoms with E-state index in [2.05, 4.69) is 4.90 Å². The van der Waals surface area contributed by atoms with Crippen molar-refractivity contribution in [2.75, 3.05) is 33.4 Å². The molecule has 1 atom stereocenters. The van der Waals surface area contributed by atoms with Crippen LogP contribution in [0.1, 0.15) is 5.56 Å². The Morgan fingerprint density at radius 3 is 3.06 bits per heavy atom. The van der Waals surface area contributed by atoms with Gasteiger partial charge in [0.1, 0.15) is 24.3 Å². The van der Waals surface area contributed by atoms with Crippen LogP contribution in [0.15, 0.2) is 18.2 Å². The number of hydrogen-bond donors (Lipinski definition) is 1. The highest BCUT2D eigenvalue weighted by Gasteiger charge is 2.18. The summed E-state index contributed by atoms with van der Waals surface area (Å²) in [5.74, 6) is 0.0223. The zero-order valence-corrected chi connectivity index (χ0v) is 10.4. The van der Waals surface area contributed by atoms with Crippen LogP contribution in [0.5, 0.6) is 5.75 Å². The monoisotopic (exact) mass is 255 g/mol. The Kier molecular flexibility index (Phi) is 4.52. The fourth-order valence-electron chi connectivity index (χ4n) is 1.95. The second-order valence-electron chi connectivity index (χ2n) is 4.52. The number of ether oxygens (including phenoxy) is 2. The molecule has 1 saturated heterocycles. The van der Waals surface area contributed by atoms with E-state index in [1.807, 2.05) is 7.05 Å². The average molecular weight is 255 g/mol. The lowest BCUT2D eigenvalue weighted by Crippen LogP contribution is -2.42. The molecule has 18 heavy (non-hydrogen) atoms. The summed E-state index contributed by atoms with van der Waals surface area (Å²) in [6.07, 6.45) is 0.00425. The third-order valence-corrected chi connectivity index (χ3v) is 2.89. The summed E-state index contributed by atoms with van der Waals surface area (Å²) >= 11 is 0. The number of rotatable bonds is 4. The van der Waals surface area contributed by atoms with Gasteiger partial charge < -0.3 is 19.5 Å². The molecule has 0 aromatic heterocycles. The predicted molar refractivity (Wildman–Crippen MR) is 65.1 cm³/mol. The number of morpholine rings is 1. The van der Waals surface area contributed by atoms with Gasteiger partial charge in [-0.2, -0.15) is 0 Å². The fourth-order valence-corrected chi connectivity index (χ4v) is 1.95. The van der Waals surface area contributed by atoms with Crippen molar-refractivity contribution in [3.05, 3.63) is 29.6 Å². The first-order valence-electron chi connectivity index (χ1n) is 6.00. The van der Waals surface area contributed by atoms with E-state index in [-0.39, 0.29) is 12.7 Å². The highest BCUT2D eigenvalue weighted by molar-refractivity contribution is 5.29. The summed E-state index contributed by atoms with van der Waals surface area (Å²) in [7, 11) is 2.03. The number of aliphatic hydroxyl groups excluding tert-OH is 1. The summed E-state index contributed by atoms with van der Waals surface area (Å²) in [6, 6.07) is 4.24. The number of hydrogen-bond acceptors (Lipinski definition) is 4. The molecule has 0 aliphatic carbocycles. The van der Waals surface area contributed by atoms with E-state index >= 15 is 0 Å². The minimum Gasteiger partial charge on any atom is -0.491 e. The van der Waals surface area contributed by atoms with Gasteiger partial charge in [-0.25, -0.2) is 4.39 Å². The largest absolute Gasteiger partial charge is 0.491 e. The predicted octanol–water partition coefficient (Wildman–Crippen LogP) is 1.03. The second kappa shape index (κ2) is 6.13. The van der Waals surface area contributed by atoms with Gasteiger partial charge in [-0.1, -0.05) is 0 Å². The maximum atomic E-state index is 13.2. The molecule has 2 rings (SSSR count). The lowest BCUT2D eigenvalue weighted by atomic mass is 10.2. The van der Waals surface area contributed by atoms with Crippen LogP contribution < -0.4 is 4.74 Å². The summed E-state index contributed by atoms with van der Waals surface area (Å²) < 4.78 is 24.3. The van der Waals surface area contributed by atoms with Gasteiger partial charge in [0.15, 0.2) is 0 Å². The summed E-state index contributed by atoms with van der Waals surface area (Å²) in [5.41, 5.74) is 0.506. The van der Waals surface area contributed by atoms with E-state index in [0.29, 0.717) is 24.5 Å². The van der Waals surface area contributed by atoms with E-state index in [0.717, 1.165) is 13.1 Å². The van der Waals surface area contributed by atoms with Crippen LogP contribution in [0.4, 0.5) is 4.39 Å². The zero-order valence-electron chi connectivity index (χ0n) is 10.4. The van der Waals surface area contributed by atoms with Gasteiger partial charge in [0.25, 0.3) is 0 Å². The molecule has 1 N–H and O–H groups in total. The Labute approximate surface area is 106 Å². The normalized spacial score (nSPS) is 20.9. The van der Waals surface area contributed by atoms with Crippen LogP contribution in [0, 0.1) is 5.82 Å². The highest BCUT2D eigenvalue weighted by atomic mass is 19.1. The first-order valence-corrected chi connectivity index (χ1v) is 6.00. The van der Waals surface area contributed by atoms with Crippen molar-refractivity contribution >= 4 is 0 Å². The molecule has 0 bridgehead atoms. The molecule has 0 amide bonds. The van der Waals surface area contributed by atoms with Crippen LogP contribution in [0.2, 0.25) is 0 Å². The number of nitrogens with zero attached hydrogens (tertiary/aromatic N) is 1. The molecule has 1 aromatic carbocycles. The molecule has 1 unspecified atom stereocenters. The van der Waals surface area contributed by atoms with Gasteiger partial charge in [-0.15, -0.1) is 0 Å². The quantitative estimate of drug-likeness (QED) is 0.872. The fraction of sp³-hybridized carbons (Fsp3) is 0.538. The third kappa shape index (κ3) is 3.66. The molecular formula is C13H18FNO3. The van der Waals surface area contributed by atoms with Crippen molar-refractivity contribution in [1.29, 1.82) is 0 Å². The van der Waals surface area contributed by atoms with Crippen LogP contribution >= 0.6 is 0 Å². The molecule has 0 saturated carbocycles. The summed E-state index contributed by atoms with van der Waals surface area (Å²) in [5, 5.41) is 8.98. The summed E-state index contributed by atoms with van der Waals surface area (Å²) in [4.78, 5) is 2.17. The van der Waals surface area contributed by atoms with Crippen molar-refractivity contribution in [2.24, 2.45) is 0 Å². The maximum absolute atomic E-state index is 13.2. The van der Waals surface area contributed by atoms with Gasteiger partial charge >= 0.3 is 0 Å². The smallest absolute Gasteiger partial charge is 0.127 e. The minimum atomic E-state index is -0.404. The maximum Gasteiger partial charge on any atom is 0.127 e. The number of likely N-dealkylation sites (N-methyl/N-ethyl adjacent to an activating group) is 1. The Hall–Kier alpha value is -1.17. The molecule has 0 radical (unpaired) electrons. The second-order valence-corrected chi connectivity index (χ2v) is 4.52. The molecular weight excluding hydrogens is 237 g/mol. The standard InChI is InChI=1S/C13H18FNO3/c1-15-2-3-17-13(7-15)9-18-12-5-10(8-16)4-11(14)6-12/h4-6,13,16H,2-3,7-9H2,1H3. The van der Waals surface area contributed by atoms with E-state index in [1.54, 1.807) is 6.07 Å². The van der Waals surface area contributed by atoms with Crippen LogP contribution in [-0.4, -0.2) is 49.5 Å². The first kappa shape index (κ1) is 13.3. The Morgan fingerprint density at radius 1 is 1.50 bits per heavy atom. The Bertz CT molecular complexity index is 400. The van der Waals surface area contributed by atoms with Gasteiger partial charge in [-0.05, 0) is 24.7 Å². The molecule has 0 spiro atoms. The minimum absolute atomic E-state index is 0.00425. The molecule has 1 aliphatic heterocycles. The zero-order chi connectivity index (χ0) is 13.0. The SMILES string of the molecule is CN1CCOC(COc2cc(F)cc(CO)c2)C1. The highest BCUT2D eigenvalue weighted by Crippen LogP contribution is 2.17. The van der Waals surface area contributed by atoms with Crippen molar-refractivity contribution < 1.29 is 19.0 Å². The molecule has 1 aromatic rings. The molecule has 1 fully saturated rings. The van der Waals surface area contributed by atoms with Gasteiger partial charge in [0.2, 0.25) is 0 Å². The Morgan fingerprint density at radius 2 is 2.33 bits per heavy atom. The lowest BCUT2D eigenvalue weighted by Gasteiger charge is -2.29. The van der Waals surface area contributed by atoms with Crippen molar-refractivity contribution in [3.63, 3.8) is 0 Å². The van der Waals surface area contributed by atoms with Gasteiger partial charge in [0, 0.05) is 19.2 Å². The number of benzene rings is 1. The molecule has 1 heterocycles. The molecule has 5 heteroatoms. The van der Waals surface area contributed by atoms with Gasteiger partial charge in [-0.3, -0.25) is 0 Å². The van der Waals surface area contributed by atoms with Gasteiger partial charge in [0.05, 0.1) is 13.2 Å². The van der Waals surface area contributed by atoms with Crippen LogP contribution in [0.25, 0.3) is 0 Å². The summed E-state index contributed by atoms with van der Waals surface area (Å²) in [6.45, 7) is 2.61. The average Bonchev–Trinajstić information content (AvgIpc) is 2.36. The Balaban J connectivity index is 1.91. The lowest BCUT2D eigenvalue weighted by molar-refractivity contribution is -0.0404. The van der Waals surface area contributed by atoms with Crippen molar-refractivity contribution in [2.45, 2.75) is 12.7 Å². The first-order chi connectivity index (χ1) is 8.67. The molecule has 100 valence electrons. The van der Waals surface area contributed by atoms with E-state index < -0.39 is 5.82 Å². The van der Waals surface area contributed by atoms with Crippen LogP contribution in [0.3, 0.4) is 0 Å². The number of aliphatic hydroxyl groups is 1. The van der Waals surface area contributed by atoms with Crippen molar-refractivity contribution in [1.82, 2.24) is 4.90 Å².